The largest absolute Gasteiger partial charge is 0.497 e. The fourth-order valence-electron chi connectivity index (χ4n) is 3.52. The lowest BCUT2D eigenvalue weighted by molar-refractivity contribution is -0.117. The third kappa shape index (κ3) is 4.55. The number of hydrogen-bond donors (Lipinski definition) is 1. The van der Waals surface area contributed by atoms with Crippen LogP contribution in [0.1, 0.15) is 0 Å². The number of carbonyl (C=O) groups is 1. The zero-order chi connectivity index (χ0) is 22.5. The van der Waals surface area contributed by atoms with Gasteiger partial charge in [0.05, 0.1) is 30.6 Å². The first kappa shape index (κ1) is 21.3. The molecule has 0 aliphatic rings. The number of nitrogens with zero attached hydrogens (tertiary/aromatic N) is 3. The standard InChI is InChI=1S/C24H24N4O4/c1-31-15-14-27-13-12-19-21(4-3-5-22(19)27)25-23(29)16-28-24(30)11-10-20(26-28)17-6-8-18(32-2)9-7-17/h3-13H,14-16H2,1-2H3,(H,25,29). The van der Waals surface area contributed by atoms with Crippen LogP contribution < -0.4 is 15.6 Å². The van der Waals surface area contributed by atoms with E-state index in [2.05, 4.69) is 15.0 Å². The van der Waals surface area contributed by atoms with E-state index in [9.17, 15) is 9.59 Å². The number of methoxy groups -OCH3 is 2. The van der Waals surface area contributed by atoms with E-state index in [1.807, 2.05) is 54.7 Å². The molecular weight excluding hydrogens is 408 g/mol. The lowest BCUT2D eigenvalue weighted by atomic mass is 10.1. The number of nitrogens with one attached hydrogen (secondary N) is 1. The van der Waals surface area contributed by atoms with E-state index in [4.69, 9.17) is 9.47 Å². The zero-order valence-corrected chi connectivity index (χ0v) is 17.9. The molecule has 164 valence electrons. The average molecular weight is 432 g/mol. The molecule has 2 aromatic carbocycles. The molecule has 8 heteroatoms. The Balaban J connectivity index is 1.53. The van der Waals surface area contributed by atoms with E-state index in [0.717, 1.165) is 28.8 Å². The smallest absolute Gasteiger partial charge is 0.267 e. The maximum atomic E-state index is 12.7. The van der Waals surface area contributed by atoms with E-state index in [1.165, 1.54) is 10.7 Å². The molecule has 0 bridgehead atoms. The van der Waals surface area contributed by atoms with E-state index < -0.39 is 0 Å². The van der Waals surface area contributed by atoms with Crippen LogP contribution in [0, 0.1) is 0 Å². The molecule has 0 aliphatic carbocycles. The Morgan fingerprint density at radius 1 is 1.03 bits per heavy atom. The summed E-state index contributed by atoms with van der Waals surface area (Å²) >= 11 is 0. The van der Waals surface area contributed by atoms with Gasteiger partial charge < -0.3 is 19.4 Å². The van der Waals surface area contributed by atoms with Crippen LogP contribution in [-0.2, 0) is 22.6 Å². The van der Waals surface area contributed by atoms with Gasteiger partial charge in [0.15, 0.2) is 0 Å². The summed E-state index contributed by atoms with van der Waals surface area (Å²) in [5.41, 5.74) is 2.75. The molecule has 0 atom stereocenters. The Kier molecular flexibility index (Phi) is 6.32. The molecule has 32 heavy (non-hydrogen) atoms. The average Bonchev–Trinajstić information content (AvgIpc) is 3.23. The van der Waals surface area contributed by atoms with Crippen LogP contribution in [0.2, 0.25) is 0 Å². The topological polar surface area (TPSA) is 87.4 Å². The molecule has 2 heterocycles. The van der Waals surface area contributed by atoms with Crippen molar-refractivity contribution in [3.8, 4) is 17.0 Å². The Labute approximate surface area is 185 Å². The predicted molar refractivity (Wildman–Crippen MR) is 123 cm³/mol. The summed E-state index contributed by atoms with van der Waals surface area (Å²) in [5, 5.41) is 8.19. The zero-order valence-electron chi connectivity index (χ0n) is 17.9. The van der Waals surface area contributed by atoms with Crippen molar-refractivity contribution in [1.82, 2.24) is 14.3 Å². The number of benzene rings is 2. The van der Waals surface area contributed by atoms with Crippen molar-refractivity contribution in [1.29, 1.82) is 0 Å². The Morgan fingerprint density at radius 2 is 1.84 bits per heavy atom. The first-order chi connectivity index (χ1) is 15.6. The molecule has 0 radical (unpaired) electrons. The summed E-state index contributed by atoms with van der Waals surface area (Å²) in [5.74, 6) is 0.398. The van der Waals surface area contributed by atoms with Gasteiger partial charge in [0.1, 0.15) is 12.3 Å². The summed E-state index contributed by atoms with van der Waals surface area (Å²) in [6.07, 6.45) is 1.96. The third-order valence-electron chi connectivity index (χ3n) is 5.17. The van der Waals surface area contributed by atoms with Crippen molar-refractivity contribution in [2.45, 2.75) is 13.1 Å². The molecule has 8 nitrogen and oxygen atoms in total. The maximum absolute atomic E-state index is 12.7. The molecular formula is C24H24N4O4. The normalized spacial score (nSPS) is 10.9. The fourth-order valence-corrected chi connectivity index (χ4v) is 3.52. The maximum Gasteiger partial charge on any atom is 0.267 e. The number of aromatic nitrogens is 3. The second kappa shape index (κ2) is 9.49. The van der Waals surface area contributed by atoms with Gasteiger partial charge in [-0.15, -0.1) is 0 Å². The van der Waals surface area contributed by atoms with Gasteiger partial charge in [0.25, 0.3) is 5.56 Å². The quantitative estimate of drug-likeness (QED) is 0.462. The summed E-state index contributed by atoms with van der Waals surface area (Å²) in [6, 6.07) is 18.1. The van der Waals surface area contributed by atoms with Crippen LogP contribution in [0.3, 0.4) is 0 Å². The van der Waals surface area contributed by atoms with Crippen molar-refractivity contribution < 1.29 is 14.3 Å². The molecule has 1 N–H and O–H groups in total. The van der Waals surface area contributed by atoms with Crippen molar-refractivity contribution in [3.05, 3.63) is 77.2 Å². The van der Waals surface area contributed by atoms with Crippen LogP contribution in [-0.4, -0.2) is 41.1 Å². The van der Waals surface area contributed by atoms with Gasteiger partial charge in [0, 0.05) is 36.9 Å². The SMILES string of the molecule is COCCn1ccc2c(NC(=O)Cn3nc(-c4ccc(OC)cc4)ccc3=O)cccc21. The van der Waals surface area contributed by atoms with Gasteiger partial charge in [-0.2, -0.15) is 5.10 Å². The number of amides is 1. The second-order valence-electron chi connectivity index (χ2n) is 7.23. The van der Waals surface area contributed by atoms with Crippen LogP contribution in [0.25, 0.3) is 22.2 Å². The lowest BCUT2D eigenvalue weighted by Gasteiger charge is -2.10. The number of rotatable bonds is 8. The molecule has 2 aromatic heterocycles. The third-order valence-corrected chi connectivity index (χ3v) is 5.17. The van der Waals surface area contributed by atoms with Crippen LogP contribution in [0.4, 0.5) is 5.69 Å². The Hall–Kier alpha value is -3.91. The van der Waals surface area contributed by atoms with Crippen LogP contribution >= 0.6 is 0 Å². The molecule has 0 aliphatic heterocycles. The molecule has 0 spiro atoms. The first-order valence-electron chi connectivity index (χ1n) is 10.2. The minimum Gasteiger partial charge on any atom is -0.497 e. The molecule has 0 fully saturated rings. The van der Waals surface area contributed by atoms with Crippen LogP contribution in [0.15, 0.2) is 71.7 Å². The minimum atomic E-state index is -0.346. The predicted octanol–water partition coefficient (Wildman–Crippen LogP) is 3.16. The molecule has 0 unspecified atom stereocenters. The van der Waals surface area contributed by atoms with Gasteiger partial charge in [-0.3, -0.25) is 9.59 Å². The van der Waals surface area contributed by atoms with Crippen molar-refractivity contribution in [2.24, 2.45) is 0 Å². The van der Waals surface area contributed by atoms with Crippen molar-refractivity contribution in [3.63, 3.8) is 0 Å². The van der Waals surface area contributed by atoms with E-state index in [-0.39, 0.29) is 18.0 Å². The summed E-state index contributed by atoms with van der Waals surface area (Å²) in [4.78, 5) is 25.0. The van der Waals surface area contributed by atoms with Gasteiger partial charge in [-0.25, -0.2) is 4.68 Å². The van der Waals surface area contributed by atoms with Gasteiger partial charge in [-0.1, -0.05) is 6.07 Å². The highest BCUT2D eigenvalue weighted by Gasteiger charge is 2.11. The van der Waals surface area contributed by atoms with Gasteiger partial charge in [0.2, 0.25) is 5.91 Å². The highest BCUT2D eigenvalue weighted by atomic mass is 16.5. The van der Waals surface area contributed by atoms with E-state index in [0.29, 0.717) is 18.0 Å². The van der Waals surface area contributed by atoms with E-state index >= 15 is 0 Å². The number of anilines is 1. The molecule has 4 rings (SSSR count). The monoisotopic (exact) mass is 432 g/mol. The fraction of sp³-hybridized carbons (Fsp3) is 0.208. The first-order valence-corrected chi connectivity index (χ1v) is 10.2. The van der Waals surface area contributed by atoms with Gasteiger partial charge >= 0.3 is 0 Å². The number of ether oxygens (including phenoxy) is 2. The molecule has 4 aromatic rings. The molecule has 0 saturated carbocycles. The van der Waals surface area contributed by atoms with Crippen molar-refractivity contribution in [2.75, 3.05) is 26.1 Å². The molecule has 1 amide bonds. The molecule has 0 saturated heterocycles. The summed E-state index contributed by atoms with van der Waals surface area (Å²) in [7, 11) is 3.26. The summed E-state index contributed by atoms with van der Waals surface area (Å²) < 4.78 is 13.6. The summed E-state index contributed by atoms with van der Waals surface area (Å²) in [6.45, 7) is 1.12. The lowest BCUT2D eigenvalue weighted by Crippen LogP contribution is -2.29. The number of fused-ring (bicyclic) bond motifs is 1. The Morgan fingerprint density at radius 3 is 2.59 bits per heavy atom. The minimum absolute atomic E-state index is 0.191. The van der Waals surface area contributed by atoms with Crippen LogP contribution in [0.5, 0.6) is 5.75 Å². The highest BCUT2D eigenvalue weighted by molar-refractivity contribution is 6.01. The number of carbonyl (C=O) groups excluding carboxylic acids is 1. The highest BCUT2D eigenvalue weighted by Crippen LogP contribution is 2.25. The van der Waals surface area contributed by atoms with Crippen molar-refractivity contribution >= 4 is 22.5 Å². The van der Waals surface area contributed by atoms with E-state index in [1.54, 1.807) is 20.3 Å². The van der Waals surface area contributed by atoms with Gasteiger partial charge in [-0.05, 0) is 48.5 Å². The second-order valence-corrected chi connectivity index (χ2v) is 7.23. The Bertz CT molecular complexity index is 1290. The number of hydrogen-bond acceptors (Lipinski definition) is 5.